The van der Waals surface area contributed by atoms with Crippen LogP contribution in [0.25, 0.3) is 0 Å². The highest BCUT2D eigenvalue weighted by Gasteiger charge is 2.12. The van der Waals surface area contributed by atoms with Crippen molar-refractivity contribution in [2.45, 2.75) is 32.7 Å². The summed E-state index contributed by atoms with van der Waals surface area (Å²) in [6, 6.07) is 10.4. The molecule has 1 N–H and O–H groups in total. The van der Waals surface area contributed by atoms with Crippen molar-refractivity contribution in [1.29, 1.82) is 0 Å². The zero-order valence-electron chi connectivity index (χ0n) is 12.3. The molecule has 21 heavy (non-hydrogen) atoms. The molecule has 112 valence electrons. The molecule has 0 spiro atoms. The van der Waals surface area contributed by atoms with E-state index in [1.807, 2.05) is 19.1 Å². The van der Waals surface area contributed by atoms with E-state index in [9.17, 15) is 8.78 Å². The summed E-state index contributed by atoms with van der Waals surface area (Å²) in [4.78, 5) is 0. The van der Waals surface area contributed by atoms with Crippen molar-refractivity contribution < 1.29 is 8.78 Å². The third-order valence-corrected chi connectivity index (χ3v) is 4.09. The number of benzene rings is 2. The Hall–Kier alpha value is -1.42. The fourth-order valence-electron chi connectivity index (χ4n) is 2.12. The summed E-state index contributed by atoms with van der Waals surface area (Å²) in [6.07, 6.45) is 0. The maximum absolute atomic E-state index is 13.8. The molecule has 2 rings (SSSR count). The number of anilines is 1. The van der Waals surface area contributed by atoms with E-state index in [0.717, 1.165) is 11.6 Å². The average Bonchev–Trinajstić information content (AvgIpc) is 2.44. The third kappa shape index (κ3) is 3.82. The Kier molecular flexibility index (Phi) is 4.99. The van der Waals surface area contributed by atoms with Gasteiger partial charge in [-0.15, -0.1) is 0 Å². The van der Waals surface area contributed by atoms with Crippen molar-refractivity contribution in [2.24, 2.45) is 0 Å². The quantitative estimate of drug-likeness (QED) is 0.662. The molecule has 1 unspecified atom stereocenters. The van der Waals surface area contributed by atoms with Crippen molar-refractivity contribution in [3.8, 4) is 0 Å². The molecule has 0 aromatic heterocycles. The molecule has 2 aromatic rings. The van der Waals surface area contributed by atoms with Gasteiger partial charge in [0.15, 0.2) is 0 Å². The van der Waals surface area contributed by atoms with E-state index in [1.54, 1.807) is 0 Å². The van der Waals surface area contributed by atoms with E-state index < -0.39 is 11.6 Å². The second-order valence-electron chi connectivity index (χ2n) is 5.43. The Morgan fingerprint density at radius 1 is 0.905 bits per heavy atom. The fourth-order valence-corrected chi connectivity index (χ4v) is 2.46. The molecule has 1 nitrogen and oxygen atoms in total. The summed E-state index contributed by atoms with van der Waals surface area (Å²) in [7, 11) is 0. The van der Waals surface area contributed by atoms with Crippen LogP contribution in [0.1, 0.15) is 43.9 Å². The second-order valence-corrected chi connectivity index (χ2v) is 6.29. The molecule has 2 aromatic carbocycles. The van der Waals surface area contributed by atoms with E-state index in [4.69, 9.17) is 0 Å². The fraction of sp³-hybridized carbons (Fsp3) is 0.294. The van der Waals surface area contributed by atoms with Crippen molar-refractivity contribution in [2.75, 3.05) is 5.32 Å². The zero-order chi connectivity index (χ0) is 15.6. The minimum absolute atomic E-state index is 0.0712. The van der Waals surface area contributed by atoms with Crippen LogP contribution >= 0.6 is 15.9 Å². The van der Waals surface area contributed by atoms with E-state index in [0.29, 0.717) is 5.92 Å². The largest absolute Gasteiger partial charge is 0.376 e. The normalized spacial score (nSPS) is 12.5. The molecule has 0 saturated carbocycles. The molecule has 0 radical (unpaired) electrons. The molecule has 0 aliphatic rings. The molecule has 0 heterocycles. The zero-order valence-corrected chi connectivity index (χ0v) is 13.8. The number of halogens is 3. The lowest BCUT2D eigenvalue weighted by Gasteiger charge is -2.17. The van der Waals surface area contributed by atoms with Gasteiger partial charge in [0.2, 0.25) is 0 Å². The van der Waals surface area contributed by atoms with Gasteiger partial charge < -0.3 is 5.32 Å². The lowest BCUT2D eigenvalue weighted by atomic mass is 9.99. The first-order chi connectivity index (χ1) is 9.88. The van der Waals surface area contributed by atoms with Gasteiger partial charge in [-0.05, 0) is 46.0 Å². The Morgan fingerprint density at radius 2 is 1.48 bits per heavy atom. The van der Waals surface area contributed by atoms with E-state index in [2.05, 4.69) is 47.2 Å². The molecule has 0 fully saturated rings. The van der Waals surface area contributed by atoms with Crippen LogP contribution in [0.3, 0.4) is 0 Å². The molecule has 0 aliphatic heterocycles. The van der Waals surface area contributed by atoms with Gasteiger partial charge in [0.25, 0.3) is 0 Å². The third-order valence-electron chi connectivity index (χ3n) is 3.49. The molecule has 0 aliphatic carbocycles. The van der Waals surface area contributed by atoms with Crippen molar-refractivity contribution in [1.82, 2.24) is 0 Å². The van der Waals surface area contributed by atoms with Gasteiger partial charge in [0, 0.05) is 12.1 Å². The first kappa shape index (κ1) is 16.0. The lowest BCUT2D eigenvalue weighted by Crippen LogP contribution is -2.08. The van der Waals surface area contributed by atoms with Crippen LogP contribution < -0.4 is 5.32 Å². The van der Waals surface area contributed by atoms with Crippen molar-refractivity contribution in [3.63, 3.8) is 0 Å². The molecular formula is C17H18BrF2N. The van der Waals surface area contributed by atoms with Gasteiger partial charge in [-0.25, -0.2) is 8.78 Å². The lowest BCUT2D eigenvalue weighted by molar-refractivity contribution is 0.579. The Balaban J connectivity index is 2.17. The van der Waals surface area contributed by atoms with Gasteiger partial charge >= 0.3 is 0 Å². The van der Waals surface area contributed by atoms with Crippen molar-refractivity contribution >= 4 is 21.6 Å². The van der Waals surface area contributed by atoms with E-state index in [-0.39, 0.29) is 16.2 Å². The first-order valence-corrected chi connectivity index (χ1v) is 7.68. The van der Waals surface area contributed by atoms with Gasteiger partial charge in [-0.1, -0.05) is 38.1 Å². The Labute approximate surface area is 132 Å². The van der Waals surface area contributed by atoms with Crippen LogP contribution in [0.5, 0.6) is 0 Å². The van der Waals surface area contributed by atoms with Gasteiger partial charge in [-0.3, -0.25) is 0 Å². The van der Waals surface area contributed by atoms with E-state index >= 15 is 0 Å². The standard InChI is InChI=1S/C17H18BrF2N/c1-10(2)12-4-6-13(7-5-12)11(3)21-17-8-14(18)15(19)9-16(17)20/h4-11,21H,1-3H3. The highest BCUT2D eigenvalue weighted by molar-refractivity contribution is 9.10. The Morgan fingerprint density at radius 3 is 2.05 bits per heavy atom. The molecular weight excluding hydrogens is 336 g/mol. The Bertz CT molecular complexity index is 623. The molecule has 4 heteroatoms. The van der Waals surface area contributed by atoms with Crippen LogP contribution in [0.2, 0.25) is 0 Å². The number of nitrogens with one attached hydrogen (secondary N) is 1. The van der Waals surface area contributed by atoms with Gasteiger partial charge in [0.1, 0.15) is 11.6 Å². The van der Waals surface area contributed by atoms with E-state index in [1.165, 1.54) is 11.6 Å². The number of hydrogen-bond acceptors (Lipinski definition) is 1. The van der Waals surface area contributed by atoms with Crippen LogP contribution in [0.15, 0.2) is 40.9 Å². The van der Waals surface area contributed by atoms with Crippen LogP contribution in [0.4, 0.5) is 14.5 Å². The minimum Gasteiger partial charge on any atom is -0.376 e. The summed E-state index contributed by atoms with van der Waals surface area (Å²) in [5.41, 5.74) is 2.60. The highest BCUT2D eigenvalue weighted by atomic mass is 79.9. The molecule has 0 saturated heterocycles. The smallest absolute Gasteiger partial charge is 0.149 e. The minimum atomic E-state index is -0.605. The summed E-state index contributed by atoms with van der Waals surface area (Å²) >= 11 is 3.07. The van der Waals surface area contributed by atoms with Crippen LogP contribution in [0, 0.1) is 11.6 Å². The summed E-state index contributed by atoms with van der Waals surface area (Å²) < 4.78 is 27.2. The molecule has 1 atom stereocenters. The molecule has 0 bridgehead atoms. The SMILES string of the molecule is CC(C)c1ccc(C(C)Nc2cc(Br)c(F)cc2F)cc1. The topological polar surface area (TPSA) is 12.0 Å². The maximum atomic E-state index is 13.8. The number of rotatable bonds is 4. The summed E-state index contributed by atoms with van der Waals surface area (Å²) in [5.74, 6) is -0.721. The average molecular weight is 354 g/mol. The highest BCUT2D eigenvalue weighted by Crippen LogP contribution is 2.27. The monoisotopic (exact) mass is 353 g/mol. The molecule has 0 amide bonds. The van der Waals surface area contributed by atoms with Crippen LogP contribution in [-0.2, 0) is 0 Å². The second kappa shape index (κ2) is 6.56. The van der Waals surface area contributed by atoms with Gasteiger partial charge in [-0.2, -0.15) is 0 Å². The summed E-state index contributed by atoms with van der Waals surface area (Å²) in [5, 5.41) is 3.07. The predicted octanol–water partition coefficient (Wildman–Crippen LogP) is 6.02. The maximum Gasteiger partial charge on any atom is 0.149 e. The van der Waals surface area contributed by atoms with Crippen LogP contribution in [-0.4, -0.2) is 0 Å². The van der Waals surface area contributed by atoms with Crippen molar-refractivity contribution in [3.05, 3.63) is 63.6 Å². The predicted molar refractivity (Wildman–Crippen MR) is 86.6 cm³/mol. The number of hydrogen-bond donors (Lipinski definition) is 1. The first-order valence-electron chi connectivity index (χ1n) is 6.89. The van der Waals surface area contributed by atoms with Gasteiger partial charge in [0.05, 0.1) is 10.2 Å². The summed E-state index contributed by atoms with van der Waals surface area (Å²) in [6.45, 7) is 6.23.